The van der Waals surface area contributed by atoms with E-state index in [1.807, 2.05) is 60.7 Å². The van der Waals surface area contributed by atoms with E-state index in [0.717, 1.165) is 35.1 Å². The van der Waals surface area contributed by atoms with Crippen LogP contribution in [0.25, 0.3) is 10.8 Å². The third-order valence-corrected chi connectivity index (χ3v) is 5.07. The molecule has 4 rings (SSSR count). The minimum absolute atomic E-state index is 0.0369. The summed E-state index contributed by atoms with van der Waals surface area (Å²) in [4.78, 5) is 26.7. The molecule has 0 saturated carbocycles. The molecule has 1 N–H and O–H groups in total. The fourth-order valence-electron chi connectivity index (χ4n) is 3.65. The zero-order valence-corrected chi connectivity index (χ0v) is 15.8. The van der Waals surface area contributed by atoms with E-state index < -0.39 is 0 Å². The molecule has 5 nitrogen and oxygen atoms in total. The minimum Gasteiger partial charge on any atom is -0.497 e. The Hall–Kier alpha value is -3.34. The first kappa shape index (κ1) is 18.0. The molecule has 0 spiro atoms. The zero-order chi connectivity index (χ0) is 19.5. The number of hydrogen-bond acceptors (Lipinski definition) is 3. The topological polar surface area (TPSA) is 58.6 Å². The standard InChI is InChI=1S/C23H22N2O3/c1-28-18-12-10-16(11-13-18)5-4-14-24-21(26)15-25-20-9-3-7-17-6-2-8-19(22(17)20)23(25)27/h2-3,6-13H,4-5,14-15H2,1H3,(H,24,26). The quantitative estimate of drug-likeness (QED) is 0.644. The Morgan fingerprint density at radius 2 is 1.79 bits per heavy atom. The molecule has 0 bridgehead atoms. The van der Waals surface area contributed by atoms with Crippen molar-refractivity contribution in [2.75, 3.05) is 25.1 Å². The summed E-state index contributed by atoms with van der Waals surface area (Å²) in [6, 6.07) is 19.4. The van der Waals surface area contributed by atoms with Gasteiger partial charge in [-0.15, -0.1) is 0 Å². The van der Waals surface area contributed by atoms with E-state index >= 15 is 0 Å². The van der Waals surface area contributed by atoms with Crippen molar-refractivity contribution in [2.45, 2.75) is 12.8 Å². The van der Waals surface area contributed by atoms with E-state index in [1.54, 1.807) is 12.0 Å². The fraction of sp³-hybridized carbons (Fsp3) is 0.217. The van der Waals surface area contributed by atoms with Crippen LogP contribution < -0.4 is 15.0 Å². The van der Waals surface area contributed by atoms with Crippen LogP contribution in [0.2, 0.25) is 0 Å². The van der Waals surface area contributed by atoms with Crippen molar-refractivity contribution in [1.29, 1.82) is 0 Å². The van der Waals surface area contributed by atoms with Gasteiger partial charge in [-0.25, -0.2) is 0 Å². The van der Waals surface area contributed by atoms with Crippen LogP contribution in [0, 0.1) is 0 Å². The van der Waals surface area contributed by atoms with E-state index in [9.17, 15) is 9.59 Å². The predicted molar refractivity (Wildman–Crippen MR) is 110 cm³/mol. The van der Waals surface area contributed by atoms with Gasteiger partial charge in [0.2, 0.25) is 5.91 Å². The second-order valence-electron chi connectivity index (χ2n) is 6.87. The summed E-state index contributed by atoms with van der Waals surface area (Å²) in [7, 11) is 1.65. The number of benzene rings is 3. The Morgan fingerprint density at radius 3 is 2.54 bits per heavy atom. The molecule has 1 aliphatic heterocycles. The van der Waals surface area contributed by atoms with Gasteiger partial charge in [0, 0.05) is 17.5 Å². The zero-order valence-electron chi connectivity index (χ0n) is 15.8. The van der Waals surface area contributed by atoms with E-state index in [0.29, 0.717) is 12.1 Å². The van der Waals surface area contributed by atoms with Crippen LogP contribution in [0.1, 0.15) is 22.3 Å². The van der Waals surface area contributed by atoms with Gasteiger partial charge in [-0.2, -0.15) is 0 Å². The number of carbonyl (C=O) groups excluding carboxylic acids is 2. The highest BCUT2D eigenvalue weighted by molar-refractivity contribution is 6.26. The molecule has 0 unspecified atom stereocenters. The second kappa shape index (κ2) is 7.72. The Labute approximate surface area is 163 Å². The third-order valence-electron chi connectivity index (χ3n) is 5.07. The number of hydrogen-bond donors (Lipinski definition) is 1. The Morgan fingerprint density at radius 1 is 1.04 bits per heavy atom. The summed E-state index contributed by atoms with van der Waals surface area (Å²) in [5.74, 6) is 0.580. The second-order valence-corrected chi connectivity index (χ2v) is 6.87. The molecule has 5 heteroatoms. The Bertz CT molecular complexity index is 1020. The van der Waals surface area contributed by atoms with E-state index in [2.05, 4.69) is 5.32 Å². The summed E-state index contributed by atoms with van der Waals surface area (Å²) in [6.45, 7) is 0.610. The van der Waals surface area contributed by atoms with Crippen LogP contribution in [0.5, 0.6) is 5.75 Å². The van der Waals surface area contributed by atoms with Crippen molar-refractivity contribution in [3.05, 3.63) is 71.8 Å². The lowest BCUT2D eigenvalue weighted by Crippen LogP contribution is -2.39. The summed E-state index contributed by atoms with van der Waals surface area (Å²) < 4.78 is 5.15. The van der Waals surface area contributed by atoms with Gasteiger partial charge in [0.15, 0.2) is 0 Å². The van der Waals surface area contributed by atoms with Gasteiger partial charge in [0.05, 0.1) is 12.8 Å². The van der Waals surface area contributed by atoms with Crippen molar-refractivity contribution in [1.82, 2.24) is 5.32 Å². The predicted octanol–water partition coefficient (Wildman–Crippen LogP) is 3.56. The molecule has 1 aliphatic rings. The lowest BCUT2D eigenvalue weighted by molar-refractivity contribution is -0.119. The van der Waals surface area contributed by atoms with Crippen LogP contribution in [-0.4, -0.2) is 32.0 Å². The summed E-state index contributed by atoms with van der Waals surface area (Å²) in [5.41, 5.74) is 2.68. The molecular formula is C23H22N2O3. The lowest BCUT2D eigenvalue weighted by atomic mass is 10.1. The molecule has 142 valence electrons. The van der Waals surface area contributed by atoms with Crippen molar-refractivity contribution in [2.24, 2.45) is 0 Å². The molecule has 2 amide bonds. The number of rotatable bonds is 7. The number of ether oxygens (including phenoxy) is 1. The molecule has 0 fully saturated rings. The maximum absolute atomic E-state index is 12.7. The van der Waals surface area contributed by atoms with Crippen molar-refractivity contribution < 1.29 is 14.3 Å². The first-order valence-corrected chi connectivity index (χ1v) is 9.40. The van der Waals surface area contributed by atoms with E-state index in [4.69, 9.17) is 4.74 Å². The SMILES string of the molecule is COc1ccc(CCCNC(=O)CN2C(=O)c3cccc4cccc2c34)cc1. The molecule has 3 aromatic rings. The maximum atomic E-state index is 12.7. The van der Waals surface area contributed by atoms with Gasteiger partial charge < -0.3 is 10.1 Å². The lowest BCUT2D eigenvalue weighted by Gasteiger charge is -2.17. The normalized spacial score (nSPS) is 12.5. The summed E-state index contributed by atoms with van der Waals surface area (Å²) in [5, 5.41) is 4.88. The average molecular weight is 374 g/mol. The van der Waals surface area contributed by atoms with Crippen molar-refractivity contribution >= 4 is 28.3 Å². The van der Waals surface area contributed by atoms with Gasteiger partial charge in [-0.1, -0.05) is 36.4 Å². The molecule has 0 radical (unpaired) electrons. The first-order chi connectivity index (χ1) is 13.7. The molecule has 0 atom stereocenters. The van der Waals surface area contributed by atoms with E-state index in [-0.39, 0.29) is 18.4 Å². The number of nitrogens with zero attached hydrogens (tertiary/aromatic N) is 1. The molecular weight excluding hydrogens is 352 g/mol. The average Bonchev–Trinajstić information content (AvgIpc) is 3.00. The molecule has 28 heavy (non-hydrogen) atoms. The number of anilines is 1. The Balaban J connectivity index is 1.32. The van der Waals surface area contributed by atoms with Gasteiger partial charge in [-0.05, 0) is 48.1 Å². The third kappa shape index (κ3) is 3.43. The number of nitrogens with one attached hydrogen (secondary N) is 1. The largest absolute Gasteiger partial charge is 0.497 e. The van der Waals surface area contributed by atoms with Crippen LogP contribution in [0.15, 0.2) is 60.7 Å². The molecule has 1 heterocycles. The van der Waals surface area contributed by atoms with Crippen molar-refractivity contribution in [3.8, 4) is 5.75 Å². The highest BCUT2D eigenvalue weighted by Gasteiger charge is 2.30. The maximum Gasteiger partial charge on any atom is 0.259 e. The summed E-state index contributed by atoms with van der Waals surface area (Å²) >= 11 is 0. The van der Waals surface area contributed by atoms with Gasteiger partial charge in [0.25, 0.3) is 5.91 Å². The molecule has 0 saturated heterocycles. The number of amides is 2. The first-order valence-electron chi connectivity index (χ1n) is 9.40. The van der Waals surface area contributed by atoms with Gasteiger partial charge >= 0.3 is 0 Å². The Kier molecular flexibility index (Phi) is 4.98. The van der Waals surface area contributed by atoms with Crippen molar-refractivity contribution in [3.63, 3.8) is 0 Å². The molecule has 0 aromatic heterocycles. The number of carbonyl (C=O) groups is 2. The smallest absolute Gasteiger partial charge is 0.259 e. The van der Waals surface area contributed by atoms with Gasteiger partial charge in [-0.3, -0.25) is 14.5 Å². The van der Waals surface area contributed by atoms with Crippen LogP contribution >= 0.6 is 0 Å². The number of aryl methyl sites for hydroxylation is 1. The van der Waals surface area contributed by atoms with Crippen LogP contribution in [0.4, 0.5) is 5.69 Å². The number of methoxy groups -OCH3 is 1. The molecule has 0 aliphatic carbocycles. The highest BCUT2D eigenvalue weighted by atomic mass is 16.5. The van der Waals surface area contributed by atoms with E-state index in [1.165, 1.54) is 5.56 Å². The monoisotopic (exact) mass is 374 g/mol. The van der Waals surface area contributed by atoms with Gasteiger partial charge in [0.1, 0.15) is 12.3 Å². The fourth-order valence-corrected chi connectivity index (χ4v) is 3.65. The molecule has 3 aromatic carbocycles. The summed E-state index contributed by atoms with van der Waals surface area (Å²) in [6.07, 6.45) is 1.71. The van der Waals surface area contributed by atoms with Crippen LogP contribution in [-0.2, 0) is 11.2 Å². The van der Waals surface area contributed by atoms with Crippen LogP contribution in [0.3, 0.4) is 0 Å². The minimum atomic E-state index is -0.145. The highest BCUT2D eigenvalue weighted by Crippen LogP contribution is 2.36.